The van der Waals surface area contributed by atoms with Gasteiger partial charge in [0.1, 0.15) is 5.82 Å². The first kappa shape index (κ1) is 21.0. The average molecular weight is 424 g/mol. The van der Waals surface area contributed by atoms with Crippen LogP contribution in [0.1, 0.15) is 31.2 Å². The van der Waals surface area contributed by atoms with Crippen molar-refractivity contribution < 1.29 is 23.5 Å². The number of rotatable bonds is 5. The second-order valence-electron chi connectivity index (χ2n) is 8.03. The molecule has 2 aromatic rings. The van der Waals surface area contributed by atoms with Crippen LogP contribution in [0.3, 0.4) is 0 Å². The van der Waals surface area contributed by atoms with E-state index < -0.39 is 36.1 Å². The van der Waals surface area contributed by atoms with E-state index >= 15 is 0 Å². The molecule has 0 spiro atoms. The van der Waals surface area contributed by atoms with Crippen LogP contribution in [0.5, 0.6) is 0 Å². The van der Waals surface area contributed by atoms with Crippen molar-refractivity contribution >= 4 is 29.2 Å². The summed E-state index contributed by atoms with van der Waals surface area (Å²) in [6.07, 6.45) is 3.73. The smallest absolute Gasteiger partial charge is 0.310 e. The number of carbonyl (C=O) groups excluding carboxylic acids is 3. The molecule has 1 heterocycles. The van der Waals surface area contributed by atoms with Crippen LogP contribution in [0.2, 0.25) is 0 Å². The van der Waals surface area contributed by atoms with Crippen LogP contribution in [-0.2, 0) is 25.5 Å². The highest BCUT2D eigenvalue weighted by Gasteiger charge is 2.40. The van der Waals surface area contributed by atoms with E-state index in [2.05, 4.69) is 5.32 Å². The largest absolute Gasteiger partial charge is 0.455 e. The maximum atomic E-state index is 13.3. The van der Waals surface area contributed by atoms with Gasteiger partial charge < -0.3 is 15.0 Å². The molecule has 0 bridgehead atoms. The minimum atomic E-state index is -0.559. The molecule has 4 rings (SSSR count). The lowest BCUT2D eigenvalue weighted by Gasteiger charge is -2.32. The Morgan fingerprint density at radius 1 is 1.03 bits per heavy atom. The minimum absolute atomic E-state index is 0.0455. The van der Waals surface area contributed by atoms with E-state index in [-0.39, 0.29) is 5.91 Å². The van der Waals surface area contributed by atoms with Crippen molar-refractivity contribution in [1.82, 2.24) is 0 Å². The van der Waals surface area contributed by atoms with Crippen LogP contribution in [-0.4, -0.2) is 30.9 Å². The molecule has 0 saturated heterocycles. The summed E-state index contributed by atoms with van der Waals surface area (Å²) in [5, 5.41) is 2.50. The van der Waals surface area contributed by atoms with E-state index in [1.807, 2.05) is 24.3 Å². The molecule has 31 heavy (non-hydrogen) atoms. The SMILES string of the molecule is O=C(COC(=O)C1CCCCC1C(=O)N1CCc2ccccc21)Nc1cccc(F)c1. The van der Waals surface area contributed by atoms with Crippen LogP contribution in [0.15, 0.2) is 48.5 Å². The molecule has 2 unspecified atom stereocenters. The fourth-order valence-corrected chi connectivity index (χ4v) is 4.48. The Morgan fingerprint density at radius 3 is 2.61 bits per heavy atom. The van der Waals surface area contributed by atoms with Gasteiger partial charge in [-0.05, 0) is 49.1 Å². The number of anilines is 2. The summed E-state index contributed by atoms with van der Waals surface area (Å²) in [6.45, 7) is 0.145. The number of nitrogens with zero attached hydrogens (tertiary/aromatic N) is 1. The second kappa shape index (κ2) is 9.29. The van der Waals surface area contributed by atoms with Gasteiger partial charge in [-0.15, -0.1) is 0 Å². The molecule has 1 N–H and O–H groups in total. The maximum Gasteiger partial charge on any atom is 0.310 e. The Bertz CT molecular complexity index is 993. The van der Waals surface area contributed by atoms with Crippen molar-refractivity contribution in [3.8, 4) is 0 Å². The number of hydrogen-bond donors (Lipinski definition) is 1. The minimum Gasteiger partial charge on any atom is -0.455 e. The van der Waals surface area contributed by atoms with E-state index in [4.69, 9.17) is 4.74 Å². The first-order valence-corrected chi connectivity index (χ1v) is 10.6. The summed E-state index contributed by atoms with van der Waals surface area (Å²) < 4.78 is 18.5. The number of amides is 2. The van der Waals surface area contributed by atoms with E-state index in [1.54, 1.807) is 11.0 Å². The third-order valence-electron chi connectivity index (χ3n) is 5.99. The van der Waals surface area contributed by atoms with Gasteiger partial charge in [0, 0.05) is 17.9 Å². The average Bonchev–Trinajstić information content (AvgIpc) is 3.21. The second-order valence-corrected chi connectivity index (χ2v) is 8.03. The van der Waals surface area contributed by atoms with Crippen LogP contribution < -0.4 is 10.2 Å². The molecule has 1 fully saturated rings. The van der Waals surface area contributed by atoms with E-state index in [1.165, 1.54) is 18.2 Å². The molecule has 2 aliphatic rings. The van der Waals surface area contributed by atoms with Gasteiger partial charge in [0.2, 0.25) is 5.91 Å². The Labute approximate surface area is 180 Å². The first-order chi connectivity index (χ1) is 15.0. The Morgan fingerprint density at radius 2 is 1.81 bits per heavy atom. The Kier molecular flexibility index (Phi) is 6.30. The zero-order valence-corrected chi connectivity index (χ0v) is 17.2. The van der Waals surface area contributed by atoms with Crippen molar-refractivity contribution in [2.24, 2.45) is 11.8 Å². The molecule has 1 saturated carbocycles. The first-order valence-electron chi connectivity index (χ1n) is 10.6. The molecule has 6 nitrogen and oxygen atoms in total. The fraction of sp³-hybridized carbons (Fsp3) is 0.375. The monoisotopic (exact) mass is 424 g/mol. The van der Waals surface area contributed by atoms with Gasteiger partial charge in [-0.3, -0.25) is 14.4 Å². The van der Waals surface area contributed by atoms with Crippen LogP contribution in [0.25, 0.3) is 0 Å². The van der Waals surface area contributed by atoms with Gasteiger partial charge >= 0.3 is 5.97 Å². The number of nitrogens with one attached hydrogen (secondary N) is 1. The topological polar surface area (TPSA) is 75.7 Å². The highest BCUT2D eigenvalue weighted by Crippen LogP contribution is 2.36. The zero-order valence-electron chi connectivity index (χ0n) is 17.2. The summed E-state index contributed by atoms with van der Waals surface area (Å²) in [5.74, 6) is -2.60. The van der Waals surface area contributed by atoms with Gasteiger partial charge in [-0.25, -0.2) is 4.39 Å². The molecule has 0 aromatic heterocycles. The van der Waals surface area contributed by atoms with Gasteiger partial charge in [0.15, 0.2) is 6.61 Å². The number of ether oxygens (including phenoxy) is 1. The highest BCUT2D eigenvalue weighted by atomic mass is 19.1. The Hall–Kier alpha value is -3.22. The van der Waals surface area contributed by atoms with Crippen molar-refractivity contribution in [2.45, 2.75) is 32.1 Å². The number of benzene rings is 2. The maximum absolute atomic E-state index is 13.3. The molecule has 1 aliphatic carbocycles. The molecule has 0 radical (unpaired) electrons. The van der Waals surface area contributed by atoms with E-state index in [0.29, 0.717) is 25.1 Å². The molecule has 162 valence electrons. The van der Waals surface area contributed by atoms with Crippen molar-refractivity contribution in [3.63, 3.8) is 0 Å². The summed E-state index contributed by atoms with van der Waals surface area (Å²) in [4.78, 5) is 39.9. The fourth-order valence-electron chi connectivity index (χ4n) is 4.48. The third kappa shape index (κ3) is 4.76. The summed E-state index contributed by atoms with van der Waals surface area (Å²) >= 11 is 0. The summed E-state index contributed by atoms with van der Waals surface area (Å²) in [6, 6.07) is 13.3. The molecular formula is C24H25FN2O4. The van der Waals surface area contributed by atoms with Gasteiger partial charge in [-0.1, -0.05) is 37.1 Å². The summed E-state index contributed by atoms with van der Waals surface area (Å²) in [7, 11) is 0. The molecule has 2 aromatic carbocycles. The van der Waals surface area contributed by atoms with Crippen molar-refractivity contribution in [3.05, 3.63) is 59.9 Å². The number of esters is 1. The number of halogens is 1. The zero-order chi connectivity index (χ0) is 21.8. The predicted molar refractivity (Wildman–Crippen MR) is 114 cm³/mol. The Balaban J connectivity index is 1.37. The number of carbonyl (C=O) groups is 3. The van der Waals surface area contributed by atoms with Crippen molar-refractivity contribution in [1.29, 1.82) is 0 Å². The quantitative estimate of drug-likeness (QED) is 0.743. The van der Waals surface area contributed by atoms with Crippen molar-refractivity contribution in [2.75, 3.05) is 23.4 Å². The number of para-hydroxylation sites is 1. The molecule has 1 aliphatic heterocycles. The summed E-state index contributed by atoms with van der Waals surface area (Å²) in [5.41, 5.74) is 2.35. The lowest BCUT2D eigenvalue weighted by molar-refractivity contribution is -0.156. The van der Waals surface area contributed by atoms with Gasteiger partial charge in [-0.2, -0.15) is 0 Å². The van der Waals surface area contributed by atoms with Crippen LogP contribution >= 0.6 is 0 Å². The predicted octanol–water partition coefficient (Wildman–Crippen LogP) is 3.70. The third-order valence-corrected chi connectivity index (χ3v) is 5.99. The number of fused-ring (bicyclic) bond motifs is 1. The molecule has 7 heteroatoms. The van der Waals surface area contributed by atoms with Crippen LogP contribution in [0.4, 0.5) is 15.8 Å². The normalized spacial score (nSPS) is 20.1. The lowest BCUT2D eigenvalue weighted by Crippen LogP contribution is -2.42. The number of hydrogen-bond acceptors (Lipinski definition) is 4. The lowest BCUT2D eigenvalue weighted by atomic mass is 9.78. The van der Waals surface area contributed by atoms with E-state index in [9.17, 15) is 18.8 Å². The molecular weight excluding hydrogens is 399 g/mol. The standard InChI is InChI=1S/C24H25FN2O4/c25-17-7-5-8-18(14-17)26-22(28)15-31-24(30)20-10-3-2-9-19(20)23(29)27-13-12-16-6-1-4-11-21(16)27/h1,4-8,11,14,19-20H,2-3,9-10,12-13,15H2,(H,26,28). The highest BCUT2D eigenvalue weighted by molar-refractivity contribution is 5.99. The molecule has 2 amide bonds. The molecule has 2 atom stereocenters. The van der Waals surface area contributed by atoms with E-state index in [0.717, 1.165) is 30.5 Å². The van der Waals surface area contributed by atoms with Gasteiger partial charge in [0.25, 0.3) is 5.91 Å². The van der Waals surface area contributed by atoms with Gasteiger partial charge in [0.05, 0.1) is 11.8 Å². The van der Waals surface area contributed by atoms with Crippen LogP contribution in [0, 0.1) is 17.7 Å².